The van der Waals surface area contributed by atoms with Crippen LogP contribution in [0.4, 0.5) is 13.2 Å². The third-order valence-electron chi connectivity index (χ3n) is 2.70. The van der Waals surface area contributed by atoms with Gasteiger partial charge in [0.2, 0.25) is 0 Å². The molecule has 0 unspecified atom stereocenters. The second-order valence-electron chi connectivity index (χ2n) is 4.17. The van der Waals surface area contributed by atoms with Crippen molar-refractivity contribution in [3.63, 3.8) is 0 Å². The molecule has 0 aliphatic rings. The van der Waals surface area contributed by atoms with Crippen LogP contribution < -0.4 is 0 Å². The van der Waals surface area contributed by atoms with Crippen LogP contribution in [-0.2, 0) is 0 Å². The SMILES string of the molecule is C=C(c1ccc(C#Cc2ccccc2)cc1)C(F)(F)F. The molecule has 0 amide bonds. The number of allylic oxidation sites excluding steroid dienone is 1. The molecule has 0 nitrogen and oxygen atoms in total. The normalized spacial score (nSPS) is 10.6. The number of halogens is 3. The topological polar surface area (TPSA) is 0 Å². The molecule has 0 N–H and O–H groups in total. The Hall–Kier alpha value is -2.47. The smallest absolute Gasteiger partial charge is 0.166 e. The van der Waals surface area contributed by atoms with Crippen molar-refractivity contribution in [2.75, 3.05) is 0 Å². The molecule has 0 atom stereocenters. The van der Waals surface area contributed by atoms with E-state index in [-0.39, 0.29) is 5.56 Å². The Kier molecular flexibility index (Phi) is 3.95. The Morgan fingerprint density at radius 3 is 1.80 bits per heavy atom. The molecule has 0 fully saturated rings. The number of hydrogen-bond donors (Lipinski definition) is 0. The zero-order chi connectivity index (χ0) is 14.6. The van der Waals surface area contributed by atoms with Crippen molar-refractivity contribution >= 4 is 5.57 Å². The van der Waals surface area contributed by atoms with Crippen LogP contribution in [0.3, 0.4) is 0 Å². The molecule has 0 saturated carbocycles. The molecule has 0 saturated heterocycles. The fraction of sp³-hybridized carbons (Fsp3) is 0.0588. The standard InChI is InChI=1S/C17H11F3/c1-13(17(18,19)20)16-11-9-15(10-12-16)8-7-14-5-3-2-4-6-14/h2-6,9-12H,1H2. The van der Waals surface area contributed by atoms with E-state index >= 15 is 0 Å². The van der Waals surface area contributed by atoms with Crippen molar-refractivity contribution in [1.82, 2.24) is 0 Å². The molecular weight excluding hydrogens is 261 g/mol. The fourth-order valence-corrected chi connectivity index (χ4v) is 1.58. The minimum atomic E-state index is -4.41. The Bertz CT molecular complexity index is 653. The van der Waals surface area contributed by atoms with E-state index in [0.717, 1.165) is 5.56 Å². The molecule has 2 aromatic rings. The maximum absolute atomic E-state index is 12.5. The maximum Gasteiger partial charge on any atom is 0.416 e. The van der Waals surface area contributed by atoms with Gasteiger partial charge in [-0.2, -0.15) is 13.2 Å². The summed E-state index contributed by atoms with van der Waals surface area (Å²) in [5.74, 6) is 5.85. The van der Waals surface area contributed by atoms with E-state index in [9.17, 15) is 13.2 Å². The summed E-state index contributed by atoms with van der Waals surface area (Å²) in [5, 5.41) is 0. The zero-order valence-electron chi connectivity index (χ0n) is 10.5. The van der Waals surface area contributed by atoms with Crippen LogP contribution in [0.5, 0.6) is 0 Å². The summed E-state index contributed by atoms with van der Waals surface area (Å²) in [5.41, 5.74) is 0.728. The molecular formula is C17H11F3. The van der Waals surface area contributed by atoms with E-state index in [4.69, 9.17) is 0 Å². The van der Waals surface area contributed by atoms with Crippen molar-refractivity contribution in [2.24, 2.45) is 0 Å². The Balaban J connectivity index is 2.18. The number of rotatable bonds is 1. The Morgan fingerprint density at radius 1 is 0.800 bits per heavy atom. The highest BCUT2D eigenvalue weighted by Gasteiger charge is 2.32. The van der Waals surface area contributed by atoms with Crippen molar-refractivity contribution in [3.8, 4) is 11.8 Å². The predicted octanol–water partition coefficient (Wildman–Crippen LogP) is 4.66. The van der Waals surface area contributed by atoms with Crippen molar-refractivity contribution in [2.45, 2.75) is 6.18 Å². The Morgan fingerprint density at radius 2 is 1.30 bits per heavy atom. The van der Waals surface area contributed by atoms with E-state index in [2.05, 4.69) is 18.4 Å². The predicted molar refractivity (Wildman–Crippen MR) is 74.0 cm³/mol. The summed E-state index contributed by atoms with van der Waals surface area (Å²) in [7, 11) is 0. The average molecular weight is 272 g/mol. The van der Waals surface area contributed by atoms with Gasteiger partial charge in [0.25, 0.3) is 0 Å². The van der Waals surface area contributed by atoms with Gasteiger partial charge in [0, 0.05) is 11.1 Å². The van der Waals surface area contributed by atoms with Gasteiger partial charge in [-0.1, -0.05) is 48.8 Å². The average Bonchev–Trinajstić information content (AvgIpc) is 2.45. The highest BCUT2D eigenvalue weighted by atomic mass is 19.4. The second kappa shape index (κ2) is 5.66. The van der Waals surface area contributed by atoms with Crippen LogP contribution in [0, 0.1) is 11.8 Å². The van der Waals surface area contributed by atoms with E-state index in [1.54, 1.807) is 12.1 Å². The van der Waals surface area contributed by atoms with Gasteiger partial charge in [-0.05, 0) is 29.8 Å². The van der Waals surface area contributed by atoms with Crippen LogP contribution in [0.2, 0.25) is 0 Å². The highest BCUT2D eigenvalue weighted by Crippen LogP contribution is 2.31. The molecule has 0 radical (unpaired) electrons. The fourth-order valence-electron chi connectivity index (χ4n) is 1.58. The minimum absolute atomic E-state index is 0.0581. The van der Waals surface area contributed by atoms with Gasteiger partial charge in [0.05, 0.1) is 5.57 Å². The molecule has 0 aromatic heterocycles. The third-order valence-corrected chi connectivity index (χ3v) is 2.70. The number of benzene rings is 2. The van der Waals surface area contributed by atoms with Gasteiger partial charge in [-0.15, -0.1) is 0 Å². The molecule has 0 aliphatic heterocycles. The largest absolute Gasteiger partial charge is 0.416 e. The number of hydrogen-bond acceptors (Lipinski definition) is 0. The summed E-state index contributed by atoms with van der Waals surface area (Å²) in [6, 6.07) is 15.3. The van der Waals surface area contributed by atoms with E-state index in [0.29, 0.717) is 5.56 Å². The first kappa shape index (κ1) is 14.0. The van der Waals surface area contributed by atoms with Gasteiger partial charge >= 0.3 is 6.18 Å². The van der Waals surface area contributed by atoms with E-state index in [1.165, 1.54) is 12.1 Å². The van der Waals surface area contributed by atoms with Crippen LogP contribution in [0.25, 0.3) is 5.57 Å². The summed E-state index contributed by atoms with van der Waals surface area (Å²) in [6.07, 6.45) is -4.41. The lowest BCUT2D eigenvalue weighted by Crippen LogP contribution is -2.09. The zero-order valence-corrected chi connectivity index (χ0v) is 10.5. The molecule has 0 heterocycles. The third kappa shape index (κ3) is 3.52. The number of alkyl halides is 3. The molecule has 20 heavy (non-hydrogen) atoms. The van der Waals surface area contributed by atoms with Crippen LogP contribution in [-0.4, -0.2) is 6.18 Å². The first-order chi connectivity index (χ1) is 9.47. The first-order valence-corrected chi connectivity index (χ1v) is 5.90. The molecule has 3 heteroatoms. The quantitative estimate of drug-likeness (QED) is 0.662. The Labute approximate surface area is 115 Å². The lowest BCUT2D eigenvalue weighted by Gasteiger charge is -2.09. The van der Waals surface area contributed by atoms with Crippen LogP contribution in [0.15, 0.2) is 61.2 Å². The summed E-state index contributed by atoms with van der Waals surface area (Å²) < 4.78 is 37.4. The van der Waals surface area contributed by atoms with Crippen molar-refractivity contribution < 1.29 is 13.2 Å². The molecule has 2 aromatic carbocycles. The minimum Gasteiger partial charge on any atom is -0.166 e. The van der Waals surface area contributed by atoms with Crippen molar-refractivity contribution in [1.29, 1.82) is 0 Å². The summed E-state index contributed by atoms with van der Waals surface area (Å²) >= 11 is 0. The van der Waals surface area contributed by atoms with Gasteiger partial charge < -0.3 is 0 Å². The summed E-state index contributed by atoms with van der Waals surface area (Å²) in [6.45, 7) is 3.06. The van der Waals surface area contributed by atoms with Crippen LogP contribution >= 0.6 is 0 Å². The van der Waals surface area contributed by atoms with Gasteiger partial charge in [0.1, 0.15) is 0 Å². The van der Waals surface area contributed by atoms with Gasteiger partial charge in [-0.25, -0.2) is 0 Å². The van der Waals surface area contributed by atoms with Crippen molar-refractivity contribution in [3.05, 3.63) is 77.9 Å². The lowest BCUT2D eigenvalue weighted by atomic mass is 10.1. The molecule has 0 aliphatic carbocycles. The second-order valence-corrected chi connectivity index (χ2v) is 4.17. The van der Waals surface area contributed by atoms with Crippen LogP contribution in [0.1, 0.15) is 16.7 Å². The maximum atomic E-state index is 12.5. The van der Waals surface area contributed by atoms with Gasteiger partial charge in [0.15, 0.2) is 0 Å². The van der Waals surface area contributed by atoms with Gasteiger partial charge in [-0.3, -0.25) is 0 Å². The highest BCUT2D eigenvalue weighted by molar-refractivity contribution is 5.68. The van der Waals surface area contributed by atoms with E-state index in [1.807, 2.05) is 30.3 Å². The molecule has 0 bridgehead atoms. The molecule has 0 spiro atoms. The monoisotopic (exact) mass is 272 g/mol. The summed E-state index contributed by atoms with van der Waals surface area (Å²) in [4.78, 5) is 0. The molecule has 100 valence electrons. The van der Waals surface area contributed by atoms with E-state index < -0.39 is 11.7 Å². The lowest BCUT2D eigenvalue weighted by molar-refractivity contribution is -0.0686. The molecule has 2 rings (SSSR count). The first-order valence-electron chi connectivity index (χ1n) is 5.90.